The first kappa shape index (κ1) is 14.5. The van der Waals surface area contributed by atoms with Gasteiger partial charge in [0.15, 0.2) is 5.17 Å². The topological polar surface area (TPSA) is 99.0 Å². The normalized spacial score (nSPS) is 14.4. The Kier molecular flexibility index (Phi) is 7.96. The van der Waals surface area contributed by atoms with Gasteiger partial charge in [-0.1, -0.05) is 11.8 Å². The lowest BCUT2D eigenvalue weighted by atomic mass is 10.4. The summed E-state index contributed by atoms with van der Waals surface area (Å²) in [7, 11) is 0. The van der Waals surface area contributed by atoms with Crippen LogP contribution in [0, 0.1) is 0 Å². The molecule has 7 heteroatoms. The van der Waals surface area contributed by atoms with Gasteiger partial charge in [0.1, 0.15) is 0 Å². The van der Waals surface area contributed by atoms with Gasteiger partial charge in [-0.2, -0.15) is 0 Å². The average molecular weight is 246 g/mol. The SMILES string of the molecule is CSC1=NCCCN1.O=C(O)/C=C\C(=O)O. The van der Waals surface area contributed by atoms with Crippen LogP contribution in [0.5, 0.6) is 0 Å². The molecule has 3 N–H and O–H groups in total. The lowest BCUT2D eigenvalue weighted by Crippen LogP contribution is -2.26. The second kappa shape index (κ2) is 8.78. The fourth-order valence-electron chi connectivity index (χ4n) is 0.790. The number of carboxylic acid groups (broad SMARTS) is 2. The lowest BCUT2D eigenvalue weighted by Gasteiger charge is -2.10. The van der Waals surface area contributed by atoms with E-state index in [1.54, 1.807) is 11.8 Å². The molecule has 90 valence electrons. The summed E-state index contributed by atoms with van der Waals surface area (Å²) in [6.45, 7) is 2.10. The van der Waals surface area contributed by atoms with Crippen molar-refractivity contribution >= 4 is 28.9 Å². The molecule has 0 aromatic heterocycles. The minimum Gasteiger partial charge on any atom is -0.478 e. The largest absolute Gasteiger partial charge is 0.478 e. The van der Waals surface area contributed by atoms with Gasteiger partial charge in [-0.3, -0.25) is 4.99 Å². The molecule has 0 unspecified atom stereocenters. The fraction of sp³-hybridized carbons (Fsp3) is 0.444. The second-order valence-corrected chi connectivity index (χ2v) is 3.48. The van der Waals surface area contributed by atoms with E-state index in [-0.39, 0.29) is 0 Å². The van der Waals surface area contributed by atoms with Crippen LogP contribution in [0.4, 0.5) is 0 Å². The van der Waals surface area contributed by atoms with E-state index in [1.165, 1.54) is 6.42 Å². The third-order valence-corrected chi connectivity index (χ3v) is 2.09. The number of rotatable bonds is 2. The maximum absolute atomic E-state index is 9.55. The van der Waals surface area contributed by atoms with E-state index in [9.17, 15) is 9.59 Å². The molecule has 1 heterocycles. The third kappa shape index (κ3) is 9.07. The summed E-state index contributed by atoms with van der Waals surface area (Å²) >= 11 is 1.68. The summed E-state index contributed by atoms with van der Waals surface area (Å²) in [6.07, 6.45) is 4.34. The summed E-state index contributed by atoms with van der Waals surface area (Å²) in [5.41, 5.74) is 0. The second-order valence-electron chi connectivity index (χ2n) is 2.68. The highest BCUT2D eigenvalue weighted by Gasteiger charge is 1.99. The van der Waals surface area contributed by atoms with Crippen LogP contribution in [0.25, 0.3) is 0 Å². The number of thioether (sulfide) groups is 1. The Balaban J connectivity index is 0.000000281. The molecule has 0 aliphatic carbocycles. The Morgan fingerprint density at radius 3 is 2.19 bits per heavy atom. The molecule has 16 heavy (non-hydrogen) atoms. The standard InChI is InChI=1S/C5H10N2S.C4H4O4/c1-8-5-6-3-2-4-7-5;5-3(6)1-2-4(7)8/h2-4H2,1H3,(H,6,7);1-2H,(H,5,6)(H,7,8)/b;2-1-. The van der Waals surface area contributed by atoms with Crippen molar-refractivity contribution in [2.45, 2.75) is 6.42 Å². The quantitative estimate of drug-likeness (QED) is 0.610. The van der Waals surface area contributed by atoms with Crippen molar-refractivity contribution < 1.29 is 19.8 Å². The monoisotopic (exact) mass is 246 g/mol. The first-order chi connectivity index (χ1) is 7.56. The van der Waals surface area contributed by atoms with E-state index < -0.39 is 11.9 Å². The van der Waals surface area contributed by atoms with Crippen LogP contribution in [-0.4, -0.2) is 46.7 Å². The van der Waals surface area contributed by atoms with Crippen LogP contribution in [0.15, 0.2) is 17.1 Å². The molecule has 1 aliphatic rings. The number of amidine groups is 1. The number of carbonyl (C=O) groups is 2. The zero-order valence-corrected chi connectivity index (χ0v) is 9.66. The minimum atomic E-state index is -1.26. The molecule has 0 fully saturated rings. The molecule has 0 amide bonds. The maximum atomic E-state index is 9.55. The van der Waals surface area contributed by atoms with Gasteiger partial charge >= 0.3 is 11.9 Å². The first-order valence-electron chi connectivity index (χ1n) is 4.52. The Morgan fingerprint density at radius 1 is 1.38 bits per heavy atom. The Labute approximate surface area is 97.4 Å². The average Bonchev–Trinajstić information content (AvgIpc) is 2.28. The van der Waals surface area contributed by atoms with Crippen LogP contribution in [-0.2, 0) is 9.59 Å². The van der Waals surface area contributed by atoms with Crippen molar-refractivity contribution in [3.05, 3.63) is 12.2 Å². The third-order valence-electron chi connectivity index (χ3n) is 1.43. The van der Waals surface area contributed by atoms with E-state index in [1.807, 2.05) is 6.26 Å². The molecule has 1 rings (SSSR count). The molecule has 6 nitrogen and oxygen atoms in total. The number of aliphatic imine (C=N–C) groups is 1. The van der Waals surface area contributed by atoms with Gasteiger partial charge in [0.2, 0.25) is 0 Å². The summed E-state index contributed by atoms with van der Waals surface area (Å²) in [6, 6.07) is 0. The van der Waals surface area contributed by atoms with Gasteiger partial charge in [0, 0.05) is 25.2 Å². The summed E-state index contributed by atoms with van der Waals surface area (Å²) < 4.78 is 0. The Morgan fingerprint density at radius 2 is 1.94 bits per heavy atom. The van der Waals surface area contributed by atoms with E-state index in [2.05, 4.69) is 10.3 Å². The van der Waals surface area contributed by atoms with Crippen LogP contribution in [0.1, 0.15) is 6.42 Å². The molecular weight excluding hydrogens is 232 g/mol. The van der Waals surface area contributed by atoms with Gasteiger partial charge in [-0.05, 0) is 12.7 Å². The van der Waals surface area contributed by atoms with Crippen LogP contribution in [0.3, 0.4) is 0 Å². The van der Waals surface area contributed by atoms with E-state index in [0.717, 1.165) is 18.3 Å². The highest BCUT2D eigenvalue weighted by molar-refractivity contribution is 8.13. The first-order valence-corrected chi connectivity index (χ1v) is 5.75. The summed E-state index contributed by atoms with van der Waals surface area (Å²) in [4.78, 5) is 23.3. The van der Waals surface area contributed by atoms with Gasteiger partial charge in [0.25, 0.3) is 0 Å². The lowest BCUT2D eigenvalue weighted by molar-refractivity contribution is -0.134. The zero-order valence-electron chi connectivity index (χ0n) is 8.84. The molecule has 0 saturated heterocycles. The predicted molar refractivity (Wildman–Crippen MR) is 62.8 cm³/mol. The molecule has 0 radical (unpaired) electrons. The van der Waals surface area contributed by atoms with Gasteiger partial charge in [0.05, 0.1) is 0 Å². The van der Waals surface area contributed by atoms with Crippen molar-refractivity contribution in [2.24, 2.45) is 4.99 Å². The molecule has 1 aliphatic heterocycles. The Hall–Kier alpha value is -1.50. The number of hydrogen-bond acceptors (Lipinski definition) is 5. The fourth-order valence-corrected chi connectivity index (χ4v) is 1.26. The maximum Gasteiger partial charge on any atom is 0.328 e. The van der Waals surface area contributed by atoms with Crippen molar-refractivity contribution in [3.8, 4) is 0 Å². The van der Waals surface area contributed by atoms with Gasteiger partial charge in [-0.25, -0.2) is 9.59 Å². The van der Waals surface area contributed by atoms with Crippen molar-refractivity contribution in [1.82, 2.24) is 5.32 Å². The number of aliphatic carboxylic acids is 2. The van der Waals surface area contributed by atoms with Crippen molar-refractivity contribution in [1.29, 1.82) is 0 Å². The molecule has 0 aromatic carbocycles. The van der Waals surface area contributed by atoms with Crippen LogP contribution < -0.4 is 5.32 Å². The predicted octanol–water partition coefficient (Wildman–Crippen LogP) is 0.410. The van der Waals surface area contributed by atoms with E-state index in [0.29, 0.717) is 12.2 Å². The van der Waals surface area contributed by atoms with Crippen molar-refractivity contribution in [3.63, 3.8) is 0 Å². The number of nitrogens with zero attached hydrogens (tertiary/aromatic N) is 1. The summed E-state index contributed by atoms with van der Waals surface area (Å²) in [5, 5.41) is 19.9. The Bertz CT molecular complexity index is 286. The summed E-state index contributed by atoms with van der Waals surface area (Å²) in [5.74, 6) is -2.51. The highest BCUT2D eigenvalue weighted by Crippen LogP contribution is 1.99. The zero-order chi connectivity index (χ0) is 12.4. The molecular formula is C9H14N2O4S. The molecule has 0 atom stereocenters. The van der Waals surface area contributed by atoms with Gasteiger partial charge < -0.3 is 15.5 Å². The molecule has 0 aromatic rings. The number of carboxylic acids is 2. The van der Waals surface area contributed by atoms with Crippen LogP contribution in [0.2, 0.25) is 0 Å². The van der Waals surface area contributed by atoms with Gasteiger partial charge in [-0.15, -0.1) is 0 Å². The highest BCUT2D eigenvalue weighted by atomic mass is 32.2. The minimum absolute atomic E-state index is 0.558. The van der Waals surface area contributed by atoms with E-state index in [4.69, 9.17) is 10.2 Å². The number of nitrogens with one attached hydrogen (secondary N) is 1. The number of hydrogen-bond donors (Lipinski definition) is 3. The smallest absolute Gasteiger partial charge is 0.328 e. The van der Waals surface area contributed by atoms with E-state index >= 15 is 0 Å². The molecule has 0 saturated carbocycles. The molecule has 0 bridgehead atoms. The van der Waals surface area contributed by atoms with Crippen LogP contribution >= 0.6 is 11.8 Å². The molecule has 0 spiro atoms. The van der Waals surface area contributed by atoms with Crippen molar-refractivity contribution in [2.75, 3.05) is 19.3 Å².